The van der Waals surface area contributed by atoms with Gasteiger partial charge < -0.3 is 4.74 Å². The van der Waals surface area contributed by atoms with Crippen molar-refractivity contribution in [1.29, 1.82) is 0 Å². The maximum atomic E-state index is 13.6. The first kappa shape index (κ1) is 16.5. The van der Waals surface area contributed by atoms with Gasteiger partial charge in [-0.2, -0.15) is 4.31 Å². The Hall–Kier alpha value is -1.54. The van der Waals surface area contributed by atoms with Crippen LogP contribution in [0.2, 0.25) is 0 Å². The van der Waals surface area contributed by atoms with Crippen LogP contribution in [0.5, 0.6) is 0 Å². The van der Waals surface area contributed by atoms with Crippen molar-refractivity contribution >= 4 is 16.0 Å². The molecule has 0 saturated heterocycles. The summed E-state index contributed by atoms with van der Waals surface area (Å²) >= 11 is 0. The van der Waals surface area contributed by atoms with Crippen LogP contribution >= 0.6 is 0 Å². The number of hydrogen-bond acceptors (Lipinski definition) is 4. The molecule has 112 valence electrons. The number of benzene rings is 1. The molecule has 0 spiro atoms. The largest absolute Gasteiger partial charge is 0.469 e. The fraction of sp³-hybridized carbons (Fsp3) is 0.417. The van der Waals surface area contributed by atoms with E-state index in [9.17, 15) is 22.0 Å². The van der Waals surface area contributed by atoms with Crippen molar-refractivity contribution in [3.63, 3.8) is 0 Å². The Balaban J connectivity index is 3.02. The number of carbonyl (C=O) groups is 1. The van der Waals surface area contributed by atoms with Gasteiger partial charge in [-0.25, -0.2) is 17.2 Å². The minimum Gasteiger partial charge on any atom is -0.469 e. The molecule has 0 fully saturated rings. The predicted molar refractivity (Wildman–Crippen MR) is 67.4 cm³/mol. The van der Waals surface area contributed by atoms with Crippen molar-refractivity contribution < 1.29 is 26.7 Å². The lowest BCUT2D eigenvalue weighted by Crippen LogP contribution is -2.33. The van der Waals surface area contributed by atoms with Crippen LogP contribution in [0.4, 0.5) is 8.78 Å². The number of halogens is 2. The van der Waals surface area contributed by atoms with Crippen molar-refractivity contribution in [3.05, 3.63) is 29.8 Å². The van der Waals surface area contributed by atoms with Gasteiger partial charge in [0.1, 0.15) is 16.5 Å². The number of ether oxygens (including phenoxy) is 1. The van der Waals surface area contributed by atoms with Gasteiger partial charge >= 0.3 is 5.97 Å². The minimum absolute atomic E-state index is 0.0517. The zero-order chi connectivity index (χ0) is 15.3. The average molecular weight is 307 g/mol. The Morgan fingerprint density at radius 2 is 2.00 bits per heavy atom. The number of rotatable bonds is 6. The molecule has 5 nitrogen and oxygen atoms in total. The Labute approximate surface area is 116 Å². The first-order valence-corrected chi connectivity index (χ1v) is 7.29. The van der Waals surface area contributed by atoms with E-state index in [4.69, 9.17) is 0 Å². The van der Waals surface area contributed by atoms with E-state index < -0.39 is 32.5 Å². The van der Waals surface area contributed by atoms with Crippen LogP contribution in [-0.4, -0.2) is 38.9 Å². The molecule has 0 aromatic heterocycles. The van der Waals surface area contributed by atoms with Gasteiger partial charge in [0, 0.05) is 19.2 Å². The van der Waals surface area contributed by atoms with Crippen molar-refractivity contribution in [2.75, 3.05) is 20.2 Å². The van der Waals surface area contributed by atoms with Crippen molar-refractivity contribution in [1.82, 2.24) is 4.31 Å². The fourth-order valence-electron chi connectivity index (χ4n) is 1.59. The summed E-state index contributed by atoms with van der Waals surface area (Å²) in [5.41, 5.74) is 0. The monoisotopic (exact) mass is 307 g/mol. The molecule has 8 heteroatoms. The Morgan fingerprint density at radius 1 is 1.35 bits per heavy atom. The molecule has 20 heavy (non-hydrogen) atoms. The van der Waals surface area contributed by atoms with E-state index in [0.717, 1.165) is 16.4 Å². The summed E-state index contributed by atoms with van der Waals surface area (Å²) in [6.07, 6.45) is -0.146. The van der Waals surface area contributed by atoms with Gasteiger partial charge in [0.2, 0.25) is 10.0 Å². The standard InChI is InChI=1S/C12H15F2NO4S/c1-3-15(7-6-12(16)19-2)20(17,18)11-5-4-9(13)8-10(11)14/h4-5,8H,3,6-7H2,1-2H3. The molecule has 0 aliphatic carbocycles. The summed E-state index contributed by atoms with van der Waals surface area (Å²) in [6, 6.07) is 2.23. The second kappa shape index (κ2) is 6.76. The number of carbonyl (C=O) groups excluding carboxylic acids is 1. The maximum Gasteiger partial charge on any atom is 0.306 e. The average Bonchev–Trinajstić information content (AvgIpc) is 2.38. The molecule has 0 saturated carbocycles. The van der Waals surface area contributed by atoms with Crippen molar-refractivity contribution in [2.24, 2.45) is 0 Å². The van der Waals surface area contributed by atoms with Crippen LogP contribution < -0.4 is 0 Å². The van der Waals surface area contributed by atoms with Crippen LogP contribution in [-0.2, 0) is 19.6 Å². The van der Waals surface area contributed by atoms with Crippen molar-refractivity contribution in [3.8, 4) is 0 Å². The second-order valence-electron chi connectivity index (χ2n) is 3.90. The highest BCUT2D eigenvalue weighted by Crippen LogP contribution is 2.20. The van der Waals surface area contributed by atoms with E-state index in [1.165, 1.54) is 7.11 Å². The quantitative estimate of drug-likeness (QED) is 0.748. The van der Waals surface area contributed by atoms with E-state index in [2.05, 4.69) is 4.74 Å². The fourth-order valence-corrected chi connectivity index (χ4v) is 3.08. The summed E-state index contributed by atoms with van der Waals surface area (Å²) in [6.45, 7) is 1.47. The Kier molecular flexibility index (Phi) is 5.58. The van der Waals surface area contributed by atoms with E-state index in [1.807, 2.05) is 0 Å². The molecule has 0 aliphatic rings. The number of hydrogen-bond donors (Lipinski definition) is 0. The van der Waals surface area contributed by atoms with Crippen LogP contribution in [0, 0.1) is 11.6 Å². The van der Waals surface area contributed by atoms with E-state index in [1.54, 1.807) is 6.92 Å². The lowest BCUT2D eigenvalue weighted by atomic mass is 10.3. The first-order valence-electron chi connectivity index (χ1n) is 5.85. The summed E-state index contributed by atoms with van der Waals surface area (Å²) in [5, 5.41) is 0. The molecule has 0 amide bonds. The second-order valence-corrected chi connectivity index (χ2v) is 5.80. The molecular weight excluding hydrogens is 292 g/mol. The number of methoxy groups -OCH3 is 1. The molecule has 1 aromatic carbocycles. The molecular formula is C12H15F2NO4S. The molecule has 0 bridgehead atoms. The normalized spacial score (nSPS) is 11.7. The highest BCUT2D eigenvalue weighted by Gasteiger charge is 2.27. The highest BCUT2D eigenvalue weighted by molar-refractivity contribution is 7.89. The van der Waals surface area contributed by atoms with Gasteiger partial charge in [0.05, 0.1) is 13.5 Å². The minimum atomic E-state index is -4.12. The van der Waals surface area contributed by atoms with E-state index in [0.29, 0.717) is 6.07 Å². The smallest absolute Gasteiger partial charge is 0.306 e. The molecule has 1 rings (SSSR count). The molecule has 0 atom stereocenters. The van der Waals surface area contributed by atoms with Gasteiger partial charge in [0.15, 0.2) is 0 Å². The molecule has 0 radical (unpaired) electrons. The van der Waals surface area contributed by atoms with Crippen LogP contribution in [0.15, 0.2) is 23.1 Å². The third-order valence-electron chi connectivity index (χ3n) is 2.66. The summed E-state index contributed by atoms with van der Waals surface area (Å²) in [7, 11) is -2.93. The SMILES string of the molecule is CCN(CCC(=O)OC)S(=O)(=O)c1ccc(F)cc1F. The molecule has 0 unspecified atom stereocenters. The number of sulfonamides is 1. The zero-order valence-corrected chi connectivity index (χ0v) is 11.9. The van der Waals surface area contributed by atoms with Crippen LogP contribution in [0.1, 0.15) is 13.3 Å². The Bertz CT molecular complexity index is 589. The third-order valence-corrected chi connectivity index (χ3v) is 4.66. The molecule has 1 aromatic rings. The molecule has 0 aliphatic heterocycles. The van der Waals surface area contributed by atoms with E-state index in [-0.39, 0.29) is 19.5 Å². The Morgan fingerprint density at radius 3 is 2.50 bits per heavy atom. The number of nitrogens with zero attached hydrogens (tertiary/aromatic N) is 1. The topological polar surface area (TPSA) is 63.7 Å². The van der Waals surface area contributed by atoms with Gasteiger partial charge in [0.25, 0.3) is 0 Å². The van der Waals surface area contributed by atoms with Crippen LogP contribution in [0.3, 0.4) is 0 Å². The molecule has 0 N–H and O–H groups in total. The summed E-state index contributed by atoms with van der Waals surface area (Å²) in [5.74, 6) is -2.60. The van der Waals surface area contributed by atoms with Crippen molar-refractivity contribution in [2.45, 2.75) is 18.2 Å². The maximum absolute atomic E-state index is 13.6. The molecule has 0 heterocycles. The lowest BCUT2D eigenvalue weighted by molar-refractivity contribution is -0.140. The van der Waals surface area contributed by atoms with Crippen LogP contribution in [0.25, 0.3) is 0 Å². The van der Waals surface area contributed by atoms with Gasteiger partial charge in [-0.1, -0.05) is 6.92 Å². The number of esters is 1. The summed E-state index contributed by atoms with van der Waals surface area (Å²) < 4.78 is 56.1. The highest BCUT2D eigenvalue weighted by atomic mass is 32.2. The van der Waals surface area contributed by atoms with E-state index >= 15 is 0 Å². The van der Waals surface area contributed by atoms with Gasteiger partial charge in [-0.15, -0.1) is 0 Å². The summed E-state index contributed by atoms with van der Waals surface area (Å²) in [4.78, 5) is 10.4. The lowest BCUT2D eigenvalue weighted by Gasteiger charge is -2.20. The van der Waals surface area contributed by atoms with Gasteiger partial charge in [-0.05, 0) is 12.1 Å². The third kappa shape index (κ3) is 3.73. The van der Waals surface area contributed by atoms with Gasteiger partial charge in [-0.3, -0.25) is 4.79 Å². The predicted octanol–water partition coefficient (Wildman–Crippen LogP) is 1.54. The zero-order valence-electron chi connectivity index (χ0n) is 11.1. The first-order chi connectivity index (χ1) is 9.32.